The molecule has 152 valence electrons. The fourth-order valence-electron chi connectivity index (χ4n) is 3.35. The minimum atomic E-state index is -2.55. The van der Waals surface area contributed by atoms with Crippen LogP contribution in [0.15, 0.2) is 0 Å². The molecule has 0 aromatic rings. The SMILES string of the molecule is CO[Si](CC[Si](C)(C)O[Si](C)(C[Si](C)(C)C)O[Si](C)(C)C)(OC)OC. The van der Waals surface area contributed by atoms with E-state index in [1.807, 2.05) is 0 Å². The molecular weight excluding hydrogens is 401 g/mol. The molecule has 0 fully saturated rings. The van der Waals surface area contributed by atoms with Crippen molar-refractivity contribution in [2.75, 3.05) is 21.3 Å². The quantitative estimate of drug-likeness (QED) is 0.403. The zero-order valence-electron chi connectivity index (χ0n) is 18.7. The van der Waals surface area contributed by atoms with E-state index in [4.69, 9.17) is 21.5 Å². The van der Waals surface area contributed by atoms with Crippen molar-refractivity contribution in [3.05, 3.63) is 0 Å². The van der Waals surface area contributed by atoms with Gasteiger partial charge in [0.05, 0.1) is 0 Å². The maximum absolute atomic E-state index is 6.89. The van der Waals surface area contributed by atoms with Gasteiger partial charge in [0, 0.05) is 35.4 Å². The van der Waals surface area contributed by atoms with Gasteiger partial charge >= 0.3 is 17.4 Å². The summed E-state index contributed by atoms with van der Waals surface area (Å²) < 4.78 is 30.3. The molecule has 0 bridgehead atoms. The van der Waals surface area contributed by atoms with Gasteiger partial charge in [0.25, 0.3) is 0 Å². The molecule has 0 amide bonds. The van der Waals surface area contributed by atoms with E-state index in [1.165, 1.54) is 0 Å². The summed E-state index contributed by atoms with van der Waals surface area (Å²) in [4.78, 5) is 0. The molecule has 0 saturated heterocycles. The molecule has 0 N–H and O–H groups in total. The van der Waals surface area contributed by atoms with Crippen molar-refractivity contribution in [2.45, 2.75) is 76.7 Å². The molecule has 0 aliphatic rings. The Labute approximate surface area is 161 Å². The Hall–Kier alpha value is 0.884. The summed E-state index contributed by atoms with van der Waals surface area (Å²) in [5, 5.41) is 0. The van der Waals surface area contributed by atoms with Crippen molar-refractivity contribution >= 4 is 42.1 Å². The molecule has 25 heavy (non-hydrogen) atoms. The van der Waals surface area contributed by atoms with E-state index in [1.54, 1.807) is 21.3 Å². The standard InChI is InChI=1S/C15H42O5Si5/c1-16-25(17-2,18-3)14-13-23(10,11)20-24(12,15-21(4,5)6)19-22(7,8)9/h13-15H2,1-12H3. The van der Waals surface area contributed by atoms with Crippen molar-refractivity contribution in [3.8, 4) is 0 Å². The highest BCUT2D eigenvalue weighted by Crippen LogP contribution is 2.31. The molecule has 0 saturated carbocycles. The summed E-state index contributed by atoms with van der Waals surface area (Å²) in [6.07, 6.45) is 0. The van der Waals surface area contributed by atoms with Crippen LogP contribution in [0.5, 0.6) is 0 Å². The second-order valence-corrected chi connectivity index (χ2v) is 31.5. The molecule has 0 aromatic carbocycles. The minimum absolute atomic E-state index is 0.792. The number of hydrogen-bond donors (Lipinski definition) is 0. The lowest BCUT2D eigenvalue weighted by atomic mass is 10.9. The molecule has 0 radical (unpaired) electrons. The Morgan fingerprint density at radius 2 is 1.04 bits per heavy atom. The predicted molar refractivity (Wildman–Crippen MR) is 119 cm³/mol. The first kappa shape index (κ1) is 25.9. The lowest BCUT2D eigenvalue weighted by Gasteiger charge is -2.42. The lowest BCUT2D eigenvalue weighted by Crippen LogP contribution is -2.57. The molecule has 0 aromatic heterocycles. The maximum Gasteiger partial charge on any atom is 0.499 e. The van der Waals surface area contributed by atoms with Gasteiger partial charge in [-0.15, -0.1) is 0 Å². The Morgan fingerprint density at radius 3 is 1.36 bits per heavy atom. The Morgan fingerprint density at radius 1 is 0.600 bits per heavy atom. The topological polar surface area (TPSA) is 46.2 Å². The zero-order valence-corrected chi connectivity index (χ0v) is 23.7. The van der Waals surface area contributed by atoms with Crippen molar-refractivity contribution in [1.82, 2.24) is 0 Å². The molecule has 1 unspecified atom stereocenters. The van der Waals surface area contributed by atoms with E-state index < -0.39 is 42.1 Å². The monoisotopic (exact) mass is 442 g/mol. The summed E-state index contributed by atoms with van der Waals surface area (Å²) in [6.45, 7) is 20.9. The van der Waals surface area contributed by atoms with Gasteiger partial charge in [0.2, 0.25) is 0 Å². The number of hydrogen-bond acceptors (Lipinski definition) is 5. The third-order valence-electron chi connectivity index (χ3n) is 3.83. The summed E-state index contributed by atoms with van der Waals surface area (Å²) in [5.74, 6) is 0. The first-order valence-electron chi connectivity index (χ1n) is 9.07. The van der Waals surface area contributed by atoms with E-state index in [0.29, 0.717) is 0 Å². The second kappa shape index (κ2) is 9.39. The van der Waals surface area contributed by atoms with Crippen LogP contribution < -0.4 is 0 Å². The highest BCUT2D eigenvalue weighted by Gasteiger charge is 2.46. The molecule has 0 spiro atoms. The normalized spacial score (nSPS) is 16.8. The first-order valence-corrected chi connectivity index (χ1v) is 23.8. The molecule has 0 aliphatic carbocycles. The molecular formula is C15H42O5Si5. The van der Waals surface area contributed by atoms with E-state index in [2.05, 4.69) is 58.9 Å². The average molecular weight is 443 g/mol. The van der Waals surface area contributed by atoms with Crippen LogP contribution >= 0.6 is 0 Å². The van der Waals surface area contributed by atoms with E-state index in [-0.39, 0.29) is 0 Å². The van der Waals surface area contributed by atoms with Crippen LogP contribution in [0.4, 0.5) is 0 Å². The van der Waals surface area contributed by atoms with Crippen molar-refractivity contribution in [2.24, 2.45) is 0 Å². The van der Waals surface area contributed by atoms with E-state index >= 15 is 0 Å². The predicted octanol–water partition coefficient (Wildman–Crippen LogP) is 4.89. The van der Waals surface area contributed by atoms with Crippen molar-refractivity contribution in [3.63, 3.8) is 0 Å². The zero-order chi connectivity index (χ0) is 20.2. The average Bonchev–Trinajstić information content (AvgIpc) is 2.35. The minimum Gasteiger partial charge on any atom is -0.437 e. The van der Waals surface area contributed by atoms with Crippen LogP contribution in [0.2, 0.25) is 76.7 Å². The fraction of sp³-hybridized carbons (Fsp3) is 1.00. The van der Waals surface area contributed by atoms with E-state index in [0.717, 1.165) is 17.8 Å². The van der Waals surface area contributed by atoms with Crippen LogP contribution in [0.1, 0.15) is 0 Å². The van der Waals surface area contributed by atoms with Gasteiger partial charge in [0.1, 0.15) is 0 Å². The van der Waals surface area contributed by atoms with Gasteiger partial charge in [-0.25, -0.2) is 0 Å². The highest BCUT2D eigenvalue weighted by atomic mass is 28.5. The molecule has 0 aliphatic heterocycles. The Kier molecular flexibility index (Phi) is 9.72. The van der Waals surface area contributed by atoms with Crippen LogP contribution in [-0.4, -0.2) is 63.4 Å². The first-order chi connectivity index (χ1) is 11.0. The van der Waals surface area contributed by atoms with Gasteiger partial charge in [-0.2, -0.15) is 0 Å². The third kappa shape index (κ3) is 10.7. The van der Waals surface area contributed by atoms with Gasteiger partial charge in [-0.1, -0.05) is 19.6 Å². The number of rotatable bonds is 12. The summed E-state index contributed by atoms with van der Waals surface area (Å²) in [6, 6.07) is 1.75. The Bertz CT molecular complexity index is 378. The second-order valence-electron chi connectivity index (χ2n) is 9.74. The molecule has 5 nitrogen and oxygen atoms in total. The largest absolute Gasteiger partial charge is 0.499 e. The molecule has 1 atom stereocenters. The Balaban J connectivity index is 5.24. The molecule has 0 heterocycles. The van der Waals surface area contributed by atoms with Gasteiger partial charge in [-0.3, -0.25) is 0 Å². The van der Waals surface area contributed by atoms with Crippen molar-refractivity contribution in [1.29, 1.82) is 0 Å². The molecule has 0 rings (SSSR count). The molecule has 10 heteroatoms. The van der Waals surface area contributed by atoms with Crippen LogP contribution in [0.25, 0.3) is 0 Å². The van der Waals surface area contributed by atoms with Gasteiger partial charge in [0.15, 0.2) is 16.6 Å². The van der Waals surface area contributed by atoms with Gasteiger partial charge in [-0.05, 0) is 51.0 Å². The summed E-state index contributed by atoms with van der Waals surface area (Å²) >= 11 is 0. The third-order valence-corrected chi connectivity index (χ3v) is 23.4. The van der Waals surface area contributed by atoms with Crippen molar-refractivity contribution < 1.29 is 21.5 Å². The highest BCUT2D eigenvalue weighted by molar-refractivity contribution is 6.96. The van der Waals surface area contributed by atoms with Gasteiger partial charge < -0.3 is 21.5 Å². The smallest absolute Gasteiger partial charge is 0.437 e. The summed E-state index contributed by atoms with van der Waals surface area (Å²) in [7, 11) is -4.59. The lowest BCUT2D eigenvalue weighted by molar-refractivity contribution is 0.124. The van der Waals surface area contributed by atoms with Crippen LogP contribution in [0.3, 0.4) is 0 Å². The summed E-state index contributed by atoms with van der Waals surface area (Å²) in [5.41, 5.74) is 1.14. The van der Waals surface area contributed by atoms with Crippen LogP contribution in [0, 0.1) is 0 Å². The maximum atomic E-state index is 6.89. The fourth-order valence-corrected chi connectivity index (χ4v) is 28.5. The van der Waals surface area contributed by atoms with Crippen LogP contribution in [-0.2, 0) is 21.5 Å². The van der Waals surface area contributed by atoms with E-state index in [9.17, 15) is 0 Å².